The van der Waals surface area contributed by atoms with E-state index >= 15 is 0 Å². The third-order valence-electron chi connectivity index (χ3n) is 2.66. The Labute approximate surface area is 107 Å². The van der Waals surface area contributed by atoms with Gasteiger partial charge in [-0.25, -0.2) is 9.59 Å². The SMILES string of the molecule is COC(=O)C1CCC(O)CN1C(=O)OC(C)(C)C. The number of amides is 1. The Hall–Kier alpha value is -1.30. The van der Waals surface area contributed by atoms with Crippen LogP contribution < -0.4 is 0 Å². The molecule has 1 heterocycles. The van der Waals surface area contributed by atoms with Crippen molar-refractivity contribution in [3.8, 4) is 0 Å². The molecule has 0 radical (unpaired) electrons. The van der Waals surface area contributed by atoms with Crippen LogP contribution in [0.5, 0.6) is 0 Å². The van der Waals surface area contributed by atoms with Crippen LogP contribution in [0.25, 0.3) is 0 Å². The van der Waals surface area contributed by atoms with Gasteiger partial charge in [-0.3, -0.25) is 4.90 Å². The molecule has 18 heavy (non-hydrogen) atoms. The van der Waals surface area contributed by atoms with Crippen LogP contribution in [0.2, 0.25) is 0 Å². The van der Waals surface area contributed by atoms with E-state index in [-0.39, 0.29) is 6.54 Å². The molecule has 1 rings (SSSR count). The van der Waals surface area contributed by atoms with Gasteiger partial charge >= 0.3 is 12.1 Å². The highest BCUT2D eigenvalue weighted by Gasteiger charge is 2.38. The molecule has 1 N–H and O–H groups in total. The van der Waals surface area contributed by atoms with Crippen LogP contribution >= 0.6 is 0 Å². The van der Waals surface area contributed by atoms with Crippen molar-refractivity contribution in [2.45, 2.75) is 51.4 Å². The Balaban J connectivity index is 2.78. The second-order valence-electron chi connectivity index (χ2n) is 5.40. The maximum atomic E-state index is 12.0. The summed E-state index contributed by atoms with van der Waals surface area (Å²) in [5.41, 5.74) is -0.639. The molecule has 0 aromatic carbocycles. The van der Waals surface area contributed by atoms with Crippen LogP contribution in [-0.4, -0.2) is 53.5 Å². The monoisotopic (exact) mass is 259 g/mol. The molecular formula is C12H21NO5. The van der Waals surface area contributed by atoms with Gasteiger partial charge in [-0.05, 0) is 33.6 Å². The van der Waals surface area contributed by atoms with Crippen LogP contribution in [0, 0.1) is 0 Å². The molecule has 6 nitrogen and oxygen atoms in total. The van der Waals surface area contributed by atoms with E-state index in [0.29, 0.717) is 12.8 Å². The number of likely N-dealkylation sites (tertiary alicyclic amines) is 1. The second-order valence-corrected chi connectivity index (χ2v) is 5.40. The normalized spacial score (nSPS) is 24.6. The molecule has 0 aromatic heterocycles. The summed E-state index contributed by atoms with van der Waals surface area (Å²) < 4.78 is 9.88. The first-order valence-electron chi connectivity index (χ1n) is 6.00. The first-order valence-corrected chi connectivity index (χ1v) is 6.00. The van der Waals surface area contributed by atoms with Gasteiger partial charge in [-0.1, -0.05) is 0 Å². The molecule has 1 saturated heterocycles. The van der Waals surface area contributed by atoms with Gasteiger partial charge < -0.3 is 14.6 Å². The van der Waals surface area contributed by atoms with Gasteiger partial charge in [0.2, 0.25) is 0 Å². The van der Waals surface area contributed by atoms with Crippen LogP contribution in [0.15, 0.2) is 0 Å². The van der Waals surface area contributed by atoms with Gasteiger partial charge in [0.05, 0.1) is 19.8 Å². The van der Waals surface area contributed by atoms with Crippen molar-refractivity contribution in [1.29, 1.82) is 0 Å². The predicted octanol–water partition coefficient (Wildman–Crippen LogP) is 0.920. The summed E-state index contributed by atoms with van der Waals surface area (Å²) in [5, 5.41) is 9.60. The zero-order chi connectivity index (χ0) is 13.9. The molecule has 104 valence electrons. The first-order chi connectivity index (χ1) is 8.24. The standard InChI is InChI=1S/C12H21NO5/c1-12(2,3)18-11(16)13-7-8(14)5-6-9(13)10(15)17-4/h8-9,14H,5-7H2,1-4H3. The molecule has 2 atom stereocenters. The van der Waals surface area contributed by atoms with Crippen molar-refractivity contribution < 1.29 is 24.2 Å². The highest BCUT2D eigenvalue weighted by Crippen LogP contribution is 2.21. The van der Waals surface area contributed by atoms with Crippen molar-refractivity contribution in [2.24, 2.45) is 0 Å². The molecule has 1 fully saturated rings. The van der Waals surface area contributed by atoms with Crippen molar-refractivity contribution in [3.05, 3.63) is 0 Å². The molecule has 0 spiro atoms. The Morgan fingerprint density at radius 2 is 1.89 bits per heavy atom. The number of rotatable bonds is 1. The number of ether oxygens (including phenoxy) is 2. The Morgan fingerprint density at radius 1 is 1.28 bits per heavy atom. The molecule has 0 aromatic rings. The maximum absolute atomic E-state index is 12.0. The number of carbonyl (C=O) groups is 2. The number of aliphatic hydroxyl groups excluding tert-OH is 1. The zero-order valence-electron chi connectivity index (χ0n) is 11.3. The lowest BCUT2D eigenvalue weighted by molar-refractivity contribution is -0.149. The van der Waals surface area contributed by atoms with Crippen molar-refractivity contribution in [2.75, 3.05) is 13.7 Å². The lowest BCUT2D eigenvalue weighted by Crippen LogP contribution is -2.53. The number of β-amino-alcohol motifs (C(OH)–C–C–N with tert-alkyl or cyclic N) is 1. The minimum absolute atomic E-state index is 0.0919. The summed E-state index contributed by atoms with van der Waals surface area (Å²) >= 11 is 0. The molecule has 2 unspecified atom stereocenters. The molecule has 0 aliphatic carbocycles. The average molecular weight is 259 g/mol. The van der Waals surface area contributed by atoms with Gasteiger partial charge in [-0.15, -0.1) is 0 Å². The van der Waals surface area contributed by atoms with E-state index in [0.717, 1.165) is 0 Å². The molecule has 0 bridgehead atoms. The van der Waals surface area contributed by atoms with Crippen LogP contribution in [0.3, 0.4) is 0 Å². The van der Waals surface area contributed by atoms with Crippen molar-refractivity contribution in [3.63, 3.8) is 0 Å². The van der Waals surface area contributed by atoms with E-state index in [9.17, 15) is 14.7 Å². The zero-order valence-corrected chi connectivity index (χ0v) is 11.3. The minimum Gasteiger partial charge on any atom is -0.467 e. The average Bonchev–Trinajstić information content (AvgIpc) is 2.25. The largest absolute Gasteiger partial charge is 0.467 e. The van der Waals surface area contributed by atoms with Gasteiger partial charge in [0.25, 0.3) is 0 Å². The molecule has 1 aliphatic heterocycles. The van der Waals surface area contributed by atoms with Crippen LogP contribution in [-0.2, 0) is 14.3 Å². The van der Waals surface area contributed by atoms with E-state index < -0.39 is 29.8 Å². The number of nitrogens with zero attached hydrogens (tertiary/aromatic N) is 1. The summed E-state index contributed by atoms with van der Waals surface area (Å²) in [5.74, 6) is -0.479. The molecule has 6 heteroatoms. The number of piperidine rings is 1. The highest BCUT2D eigenvalue weighted by molar-refractivity contribution is 5.81. The third kappa shape index (κ3) is 3.87. The number of aliphatic hydroxyl groups is 1. The lowest BCUT2D eigenvalue weighted by atomic mass is 10.0. The number of methoxy groups -OCH3 is 1. The summed E-state index contributed by atoms with van der Waals surface area (Å²) in [6.07, 6.45) is -0.373. The Morgan fingerprint density at radius 3 is 2.39 bits per heavy atom. The third-order valence-corrected chi connectivity index (χ3v) is 2.66. The summed E-state index contributed by atoms with van der Waals surface area (Å²) in [4.78, 5) is 24.8. The fraction of sp³-hybridized carbons (Fsp3) is 0.833. The van der Waals surface area contributed by atoms with E-state index in [1.54, 1.807) is 20.8 Å². The van der Waals surface area contributed by atoms with E-state index in [2.05, 4.69) is 4.74 Å². The van der Waals surface area contributed by atoms with Crippen molar-refractivity contribution >= 4 is 12.1 Å². The van der Waals surface area contributed by atoms with Gasteiger partial charge in [0, 0.05) is 0 Å². The molecule has 0 saturated carbocycles. The molecule has 1 aliphatic rings. The summed E-state index contributed by atoms with van der Waals surface area (Å²) in [6.45, 7) is 5.34. The fourth-order valence-electron chi connectivity index (χ4n) is 1.86. The molecule has 1 amide bonds. The van der Waals surface area contributed by atoms with E-state index in [1.165, 1.54) is 12.0 Å². The van der Waals surface area contributed by atoms with Gasteiger partial charge in [0.1, 0.15) is 11.6 Å². The van der Waals surface area contributed by atoms with E-state index in [4.69, 9.17) is 4.74 Å². The van der Waals surface area contributed by atoms with Gasteiger partial charge in [-0.2, -0.15) is 0 Å². The number of carbonyl (C=O) groups excluding carboxylic acids is 2. The Kier molecular flexibility index (Phi) is 4.56. The fourth-order valence-corrected chi connectivity index (χ4v) is 1.86. The quantitative estimate of drug-likeness (QED) is 0.709. The summed E-state index contributed by atoms with van der Waals surface area (Å²) in [7, 11) is 1.28. The van der Waals surface area contributed by atoms with Gasteiger partial charge in [0.15, 0.2) is 0 Å². The lowest BCUT2D eigenvalue weighted by Gasteiger charge is -2.36. The smallest absolute Gasteiger partial charge is 0.411 e. The van der Waals surface area contributed by atoms with Crippen LogP contribution in [0.1, 0.15) is 33.6 Å². The topological polar surface area (TPSA) is 76.1 Å². The highest BCUT2D eigenvalue weighted by atomic mass is 16.6. The number of esters is 1. The Bertz CT molecular complexity index is 323. The number of hydrogen-bond donors (Lipinski definition) is 1. The number of hydrogen-bond acceptors (Lipinski definition) is 5. The molecular weight excluding hydrogens is 238 g/mol. The maximum Gasteiger partial charge on any atom is 0.411 e. The summed E-state index contributed by atoms with van der Waals surface area (Å²) in [6, 6.07) is -0.673. The van der Waals surface area contributed by atoms with Crippen LogP contribution in [0.4, 0.5) is 4.79 Å². The minimum atomic E-state index is -0.673. The second kappa shape index (κ2) is 5.56. The van der Waals surface area contributed by atoms with Crippen molar-refractivity contribution in [1.82, 2.24) is 4.90 Å². The predicted molar refractivity (Wildman–Crippen MR) is 64.0 cm³/mol. The van der Waals surface area contributed by atoms with E-state index in [1.807, 2.05) is 0 Å². The first kappa shape index (κ1) is 14.8.